The van der Waals surface area contributed by atoms with E-state index in [-0.39, 0.29) is 4.90 Å². The molecule has 0 radical (unpaired) electrons. The van der Waals surface area contributed by atoms with Crippen molar-refractivity contribution in [1.82, 2.24) is 0 Å². The smallest absolute Gasteiger partial charge is 0.249 e. The molecule has 0 aliphatic carbocycles. The number of anilines is 1. The van der Waals surface area contributed by atoms with E-state index < -0.39 is 10.1 Å². The van der Waals surface area contributed by atoms with Crippen molar-refractivity contribution in [3.05, 3.63) is 60.7 Å². The highest BCUT2D eigenvalue weighted by atomic mass is 32.2. The summed E-state index contributed by atoms with van der Waals surface area (Å²) in [6, 6.07) is 16.8. The molecule has 0 saturated carbocycles. The van der Waals surface area contributed by atoms with Gasteiger partial charge in [0.15, 0.2) is 0 Å². The normalized spacial score (nSPS) is 11.1. The topological polar surface area (TPSA) is 55.4 Å². The number of nitrogens with one attached hydrogen (secondary N) is 1. The van der Waals surface area contributed by atoms with Gasteiger partial charge in [-0.25, -0.2) is 5.48 Å². The average Bonchev–Trinajstić information content (AvgIpc) is 2.39. The quantitative estimate of drug-likeness (QED) is 0.845. The molecular weight excluding hydrogens is 238 g/mol. The maximum absolute atomic E-state index is 11.7. The summed E-state index contributed by atoms with van der Waals surface area (Å²) in [5, 5.41) is 0. The molecule has 1 N–H and O–H groups in total. The first-order valence-corrected chi connectivity index (χ1v) is 6.39. The molecule has 4 nitrogen and oxygen atoms in total. The molecule has 2 rings (SSSR count). The van der Waals surface area contributed by atoms with Crippen molar-refractivity contribution in [1.29, 1.82) is 0 Å². The lowest BCUT2D eigenvalue weighted by Crippen LogP contribution is -2.11. The van der Waals surface area contributed by atoms with Gasteiger partial charge in [0.2, 0.25) is 0 Å². The van der Waals surface area contributed by atoms with Crippen LogP contribution in [-0.2, 0) is 14.4 Å². The third-order valence-electron chi connectivity index (χ3n) is 2.07. The second-order valence-corrected chi connectivity index (χ2v) is 4.86. The second kappa shape index (κ2) is 4.99. The van der Waals surface area contributed by atoms with E-state index in [0.29, 0.717) is 5.69 Å². The van der Waals surface area contributed by atoms with Gasteiger partial charge >= 0.3 is 10.1 Å². The van der Waals surface area contributed by atoms with Crippen LogP contribution in [0.1, 0.15) is 0 Å². The van der Waals surface area contributed by atoms with Crippen LogP contribution in [0.3, 0.4) is 0 Å². The van der Waals surface area contributed by atoms with E-state index >= 15 is 0 Å². The number of hydrogen-bond acceptors (Lipinski definition) is 4. The highest BCUT2D eigenvalue weighted by Crippen LogP contribution is 2.13. The lowest BCUT2D eigenvalue weighted by Gasteiger charge is -2.06. The number of benzene rings is 2. The summed E-state index contributed by atoms with van der Waals surface area (Å²) in [5.74, 6) is 0. The molecular formula is C12H11NO3S. The van der Waals surface area contributed by atoms with Gasteiger partial charge in [0.25, 0.3) is 0 Å². The van der Waals surface area contributed by atoms with Crippen molar-refractivity contribution in [2.24, 2.45) is 0 Å². The van der Waals surface area contributed by atoms with Crippen LogP contribution in [0.2, 0.25) is 0 Å². The number of para-hydroxylation sites is 1. The van der Waals surface area contributed by atoms with Gasteiger partial charge in [-0.2, -0.15) is 8.42 Å². The lowest BCUT2D eigenvalue weighted by atomic mass is 10.3. The molecule has 88 valence electrons. The van der Waals surface area contributed by atoms with Gasteiger partial charge in [0, 0.05) is 0 Å². The summed E-state index contributed by atoms with van der Waals surface area (Å²) in [4.78, 5) is 0.114. The fraction of sp³-hybridized carbons (Fsp3) is 0. The van der Waals surface area contributed by atoms with E-state index in [4.69, 9.17) is 4.28 Å². The number of hydrogen-bond donors (Lipinski definition) is 1. The minimum absolute atomic E-state index is 0.114. The van der Waals surface area contributed by atoms with Crippen molar-refractivity contribution < 1.29 is 12.7 Å². The van der Waals surface area contributed by atoms with Crippen molar-refractivity contribution in [2.45, 2.75) is 4.90 Å². The molecule has 0 aliphatic rings. The first-order chi connectivity index (χ1) is 8.18. The first kappa shape index (κ1) is 11.6. The highest BCUT2D eigenvalue weighted by molar-refractivity contribution is 7.86. The van der Waals surface area contributed by atoms with Crippen LogP contribution in [0.15, 0.2) is 65.6 Å². The minimum Gasteiger partial charge on any atom is -0.249 e. The molecule has 0 heterocycles. The Kier molecular flexibility index (Phi) is 3.41. The van der Waals surface area contributed by atoms with Crippen LogP contribution < -0.4 is 5.48 Å². The maximum atomic E-state index is 11.7. The standard InChI is InChI=1S/C12H11NO3S/c14-17(15,12-9-5-2-6-10-12)16-13-11-7-3-1-4-8-11/h1-10,13H. The van der Waals surface area contributed by atoms with E-state index in [0.717, 1.165) is 0 Å². The van der Waals surface area contributed by atoms with E-state index in [9.17, 15) is 8.42 Å². The van der Waals surface area contributed by atoms with Crippen LogP contribution in [-0.4, -0.2) is 8.42 Å². The fourth-order valence-corrected chi connectivity index (χ4v) is 2.04. The average molecular weight is 249 g/mol. The molecule has 17 heavy (non-hydrogen) atoms. The number of rotatable bonds is 4. The third-order valence-corrected chi connectivity index (χ3v) is 3.23. The molecule has 0 atom stereocenters. The van der Waals surface area contributed by atoms with Crippen LogP contribution in [0.25, 0.3) is 0 Å². The summed E-state index contributed by atoms with van der Waals surface area (Å²) in [6.45, 7) is 0. The molecule has 0 amide bonds. The second-order valence-electron chi connectivity index (χ2n) is 3.32. The molecule has 2 aromatic rings. The van der Waals surface area contributed by atoms with Gasteiger partial charge in [0.05, 0.1) is 10.6 Å². The molecule has 0 spiro atoms. The molecule has 0 bridgehead atoms. The van der Waals surface area contributed by atoms with Crippen LogP contribution >= 0.6 is 0 Å². The Hall–Kier alpha value is -1.85. The lowest BCUT2D eigenvalue weighted by molar-refractivity contribution is 0.391. The Balaban J connectivity index is 2.09. The summed E-state index contributed by atoms with van der Waals surface area (Å²) in [6.07, 6.45) is 0. The summed E-state index contributed by atoms with van der Waals surface area (Å²) < 4.78 is 28.2. The first-order valence-electron chi connectivity index (χ1n) is 4.98. The molecule has 0 fully saturated rings. The van der Waals surface area contributed by atoms with E-state index in [1.54, 1.807) is 42.5 Å². The zero-order valence-electron chi connectivity index (χ0n) is 8.91. The van der Waals surface area contributed by atoms with E-state index in [1.165, 1.54) is 12.1 Å². The fourth-order valence-electron chi connectivity index (χ4n) is 1.24. The van der Waals surface area contributed by atoms with Crippen molar-refractivity contribution in [3.63, 3.8) is 0 Å². The van der Waals surface area contributed by atoms with Gasteiger partial charge in [-0.1, -0.05) is 36.4 Å². The molecule has 2 aromatic carbocycles. The Bertz CT molecular complexity index is 567. The predicted octanol–water partition coefficient (Wildman–Crippen LogP) is 2.42. The van der Waals surface area contributed by atoms with Crippen LogP contribution in [0.4, 0.5) is 5.69 Å². The molecule has 5 heteroatoms. The van der Waals surface area contributed by atoms with Gasteiger partial charge in [-0.3, -0.25) is 0 Å². The van der Waals surface area contributed by atoms with E-state index in [1.807, 2.05) is 6.07 Å². The SMILES string of the molecule is O=S(=O)(ONc1ccccc1)c1ccccc1. The summed E-state index contributed by atoms with van der Waals surface area (Å²) >= 11 is 0. The van der Waals surface area contributed by atoms with E-state index in [2.05, 4.69) is 5.48 Å². The predicted molar refractivity (Wildman–Crippen MR) is 64.8 cm³/mol. The molecule has 0 unspecified atom stereocenters. The zero-order valence-corrected chi connectivity index (χ0v) is 9.72. The Labute approximate surface area is 99.9 Å². The van der Waals surface area contributed by atoms with Gasteiger partial charge < -0.3 is 0 Å². The van der Waals surface area contributed by atoms with Crippen LogP contribution in [0.5, 0.6) is 0 Å². The molecule has 0 aliphatic heterocycles. The monoisotopic (exact) mass is 249 g/mol. The zero-order chi connectivity index (χ0) is 12.1. The minimum atomic E-state index is -3.77. The highest BCUT2D eigenvalue weighted by Gasteiger charge is 2.14. The van der Waals surface area contributed by atoms with Gasteiger partial charge in [0.1, 0.15) is 0 Å². The van der Waals surface area contributed by atoms with Gasteiger partial charge in [-0.05, 0) is 24.3 Å². The Morgan fingerprint density at radius 1 is 0.824 bits per heavy atom. The van der Waals surface area contributed by atoms with Crippen molar-refractivity contribution in [2.75, 3.05) is 5.48 Å². The third kappa shape index (κ3) is 3.05. The Morgan fingerprint density at radius 2 is 1.35 bits per heavy atom. The summed E-state index contributed by atoms with van der Waals surface area (Å²) in [5.41, 5.74) is 2.97. The van der Waals surface area contributed by atoms with Crippen molar-refractivity contribution in [3.8, 4) is 0 Å². The molecule has 0 aromatic heterocycles. The van der Waals surface area contributed by atoms with Crippen LogP contribution in [0, 0.1) is 0 Å². The van der Waals surface area contributed by atoms with Gasteiger partial charge in [-0.15, -0.1) is 4.28 Å². The van der Waals surface area contributed by atoms with Crippen molar-refractivity contribution >= 4 is 15.8 Å². The molecule has 0 saturated heterocycles. The maximum Gasteiger partial charge on any atom is 0.317 e. The largest absolute Gasteiger partial charge is 0.317 e. The Morgan fingerprint density at radius 3 is 1.94 bits per heavy atom. The summed E-state index contributed by atoms with van der Waals surface area (Å²) in [7, 11) is -3.77.